The number of hydrogen-bond donors (Lipinski definition) is 1. The van der Waals surface area contributed by atoms with Gasteiger partial charge < -0.3 is 5.11 Å². The molecule has 0 amide bonds. The lowest BCUT2D eigenvalue weighted by molar-refractivity contribution is -0.147. The molecule has 51 heavy (non-hydrogen) atoms. The number of Topliss-reactive ketones (excluding diaryl/α,β-unsaturated/α-hetero) is 3. The molecule has 2 atom stereocenters. The van der Waals surface area contributed by atoms with E-state index in [4.69, 9.17) is 5.11 Å². The Hall–Kier alpha value is -1.52. The Labute approximate surface area is 319 Å². The molecule has 5 heteroatoms. The van der Waals surface area contributed by atoms with E-state index in [2.05, 4.69) is 96.9 Å². The molecule has 0 aromatic rings. The highest BCUT2D eigenvalue weighted by molar-refractivity contribution is 5.83. The maximum atomic E-state index is 11.6. The number of carbonyl (C=O) groups excluding carboxylic acids is 3. The summed E-state index contributed by atoms with van der Waals surface area (Å²) in [6.45, 7) is 39.7. The van der Waals surface area contributed by atoms with E-state index in [9.17, 15) is 19.2 Å². The molecular weight excluding hydrogens is 633 g/mol. The Bertz CT molecular complexity index is 1010. The van der Waals surface area contributed by atoms with Gasteiger partial charge in [0.1, 0.15) is 17.3 Å². The van der Waals surface area contributed by atoms with Crippen molar-refractivity contribution in [2.24, 2.45) is 49.7 Å². The fourth-order valence-electron chi connectivity index (χ4n) is 8.77. The second kappa shape index (κ2) is 21.4. The van der Waals surface area contributed by atoms with Gasteiger partial charge in [0.15, 0.2) is 0 Å². The lowest BCUT2D eigenvalue weighted by Crippen LogP contribution is -2.35. The minimum atomic E-state index is -0.598. The number of carboxylic acids is 1. The molecule has 0 aromatic carbocycles. The molecule has 0 heterocycles. The Kier molecular flexibility index (Phi) is 22.6. The fraction of sp³-hybridized carbons (Fsp3) is 0.913. The van der Waals surface area contributed by atoms with Crippen molar-refractivity contribution in [2.75, 3.05) is 0 Å². The van der Waals surface area contributed by atoms with Crippen molar-refractivity contribution in [3.63, 3.8) is 0 Å². The van der Waals surface area contributed by atoms with Crippen molar-refractivity contribution in [2.45, 2.75) is 222 Å². The van der Waals surface area contributed by atoms with E-state index >= 15 is 0 Å². The summed E-state index contributed by atoms with van der Waals surface area (Å²) < 4.78 is 0. The van der Waals surface area contributed by atoms with E-state index < -0.39 is 5.97 Å². The zero-order valence-corrected chi connectivity index (χ0v) is 36.9. The average molecular weight is 723 g/mol. The highest BCUT2D eigenvalue weighted by atomic mass is 16.4. The van der Waals surface area contributed by atoms with E-state index in [1.165, 1.54) is 19.3 Å². The van der Waals surface area contributed by atoms with Gasteiger partial charge in [0.05, 0.1) is 5.92 Å². The van der Waals surface area contributed by atoms with E-state index in [1.54, 1.807) is 20.8 Å². The van der Waals surface area contributed by atoms with Crippen LogP contribution in [-0.4, -0.2) is 28.4 Å². The van der Waals surface area contributed by atoms with Crippen molar-refractivity contribution < 1.29 is 24.3 Å². The van der Waals surface area contributed by atoms with Gasteiger partial charge in [0.2, 0.25) is 0 Å². The SMILES string of the molecule is C.CC(=O)C(C)(C)CC(C)(C)C.CC(=O)C1(CC(C)(C)C)CCCC1.CC(C)(C)C1CCCCC1C(=O)O.CCC(CC)(CC(C)(C)C)C(C)=O. The normalized spacial score (nSPS) is 19.4. The zero-order valence-electron chi connectivity index (χ0n) is 36.9. The van der Waals surface area contributed by atoms with Crippen LogP contribution in [0.2, 0.25) is 0 Å². The molecule has 2 aliphatic rings. The first-order valence-electron chi connectivity index (χ1n) is 20.0. The summed E-state index contributed by atoms with van der Waals surface area (Å²) >= 11 is 0. The molecule has 2 saturated carbocycles. The summed E-state index contributed by atoms with van der Waals surface area (Å²) in [4.78, 5) is 45.4. The summed E-state index contributed by atoms with van der Waals surface area (Å²) in [5.41, 5.74) is 0.737. The highest BCUT2D eigenvalue weighted by Crippen LogP contribution is 2.47. The number of ketones is 3. The van der Waals surface area contributed by atoms with Gasteiger partial charge in [-0.25, -0.2) is 0 Å². The van der Waals surface area contributed by atoms with Crippen LogP contribution >= 0.6 is 0 Å². The second-order valence-corrected chi connectivity index (χ2v) is 21.4. The van der Waals surface area contributed by atoms with Gasteiger partial charge >= 0.3 is 5.97 Å². The predicted octanol–water partition coefficient (Wildman–Crippen LogP) is 14.0. The van der Waals surface area contributed by atoms with Crippen LogP contribution in [0.3, 0.4) is 0 Å². The monoisotopic (exact) mass is 723 g/mol. The third-order valence-electron chi connectivity index (χ3n) is 11.3. The van der Waals surface area contributed by atoms with Crippen LogP contribution in [0.5, 0.6) is 0 Å². The molecule has 0 saturated heterocycles. The van der Waals surface area contributed by atoms with Gasteiger partial charge in [0, 0.05) is 16.2 Å². The topological polar surface area (TPSA) is 88.5 Å². The smallest absolute Gasteiger partial charge is 0.306 e. The Morgan fingerprint density at radius 3 is 1.24 bits per heavy atom. The first-order valence-corrected chi connectivity index (χ1v) is 20.0. The third-order valence-corrected chi connectivity index (χ3v) is 11.3. The number of hydrogen-bond acceptors (Lipinski definition) is 4. The Morgan fingerprint density at radius 1 is 0.608 bits per heavy atom. The summed E-state index contributed by atoms with van der Waals surface area (Å²) in [6.07, 6.45) is 13.9. The molecule has 0 radical (unpaired) electrons. The van der Waals surface area contributed by atoms with Gasteiger partial charge in [-0.1, -0.05) is 144 Å². The number of carbonyl (C=O) groups is 4. The van der Waals surface area contributed by atoms with Gasteiger partial charge in [0.25, 0.3) is 0 Å². The number of aliphatic carboxylic acids is 1. The van der Waals surface area contributed by atoms with Crippen LogP contribution in [0.25, 0.3) is 0 Å². The lowest BCUT2D eigenvalue weighted by atomic mass is 9.66. The van der Waals surface area contributed by atoms with Crippen molar-refractivity contribution in [1.82, 2.24) is 0 Å². The summed E-state index contributed by atoms with van der Waals surface area (Å²) in [7, 11) is 0. The van der Waals surface area contributed by atoms with Crippen molar-refractivity contribution >= 4 is 23.3 Å². The molecule has 2 fully saturated rings. The molecule has 1 N–H and O–H groups in total. The lowest BCUT2D eigenvalue weighted by Gasteiger charge is -2.38. The van der Waals surface area contributed by atoms with Crippen LogP contribution in [0.1, 0.15) is 222 Å². The largest absolute Gasteiger partial charge is 0.481 e. The molecule has 0 bridgehead atoms. The van der Waals surface area contributed by atoms with Crippen molar-refractivity contribution in [1.29, 1.82) is 0 Å². The van der Waals surface area contributed by atoms with Gasteiger partial charge in [-0.15, -0.1) is 0 Å². The molecule has 2 unspecified atom stereocenters. The summed E-state index contributed by atoms with van der Waals surface area (Å²) in [6, 6.07) is 0. The van der Waals surface area contributed by atoms with Gasteiger partial charge in [-0.2, -0.15) is 0 Å². The van der Waals surface area contributed by atoms with E-state index in [1.807, 2.05) is 13.8 Å². The minimum absolute atomic E-state index is 0. The third kappa shape index (κ3) is 21.1. The average Bonchev–Trinajstić information content (AvgIpc) is 3.39. The van der Waals surface area contributed by atoms with Crippen molar-refractivity contribution in [3.05, 3.63) is 0 Å². The highest BCUT2D eigenvalue weighted by Gasteiger charge is 2.41. The van der Waals surface area contributed by atoms with E-state index in [-0.39, 0.29) is 57.0 Å². The Balaban J connectivity index is -0.000000600. The maximum Gasteiger partial charge on any atom is 0.306 e. The first-order chi connectivity index (χ1) is 22.2. The molecule has 0 aromatic heterocycles. The molecule has 5 nitrogen and oxygen atoms in total. The standard InChI is InChI=1S/C12H22O.C12H24O.C11H20O2.C10H20O.CH4/c1-10(13)12(7-5-6-8-12)9-11(2,3)4;1-7-12(8-2,10(3)13)9-11(4,5)6;1-11(2,3)9-7-5-4-6-8(9)10(12)13;1-8(11)10(5,6)7-9(2,3)4;/h5-9H2,1-4H3;7-9H2,1-6H3;8-9H,4-7H2,1-3H3,(H,12,13);7H2,1-6H3;1H4. The van der Waals surface area contributed by atoms with Crippen LogP contribution in [-0.2, 0) is 19.2 Å². The summed E-state index contributed by atoms with van der Waals surface area (Å²) in [5, 5.41) is 9.07. The Morgan fingerprint density at radius 2 is 1.02 bits per heavy atom. The summed E-state index contributed by atoms with van der Waals surface area (Å²) in [5.74, 6) is 0.715. The number of rotatable bonds is 9. The molecular formula is C46H90O5. The molecule has 2 rings (SSSR count). The second-order valence-electron chi connectivity index (χ2n) is 21.4. The molecule has 0 aliphatic heterocycles. The molecule has 2 aliphatic carbocycles. The van der Waals surface area contributed by atoms with E-state index in [0.717, 1.165) is 64.2 Å². The van der Waals surface area contributed by atoms with Gasteiger partial charge in [-0.05, 0) is 106 Å². The van der Waals surface area contributed by atoms with Crippen LogP contribution in [0.4, 0.5) is 0 Å². The molecule has 304 valence electrons. The van der Waals surface area contributed by atoms with Crippen LogP contribution < -0.4 is 0 Å². The molecule has 0 spiro atoms. The predicted molar refractivity (Wildman–Crippen MR) is 221 cm³/mol. The van der Waals surface area contributed by atoms with Crippen LogP contribution in [0, 0.1) is 49.7 Å². The first kappa shape index (κ1) is 53.8. The quantitative estimate of drug-likeness (QED) is 0.256. The van der Waals surface area contributed by atoms with E-state index in [0.29, 0.717) is 17.5 Å². The number of carboxylic acid groups (broad SMARTS) is 1. The fourth-order valence-corrected chi connectivity index (χ4v) is 8.77. The van der Waals surface area contributed by atoms with Crippen LogP contribution in [0.15, 0.2) is 0 Å². The van der Waals surface area contributed by atoms with Gasteiger partial charge in [-0.3, -0.25) is 19.2 Å². The maximum absolute atomic E-state index is 11.6. The minimum Gasteiger partial charge on any atom is -0.481 e. The zero-order chi connectivity index (χ0) is 40.2. The van der Waals surface area contributed by atoms with Crippen molar-refractivity contribution in [3.8, 4) is 0 Å².